The third kappa shape index (κ3) is 4.09. The third-order valence-corrected chi connectivity index (χ3v) is 4.96. The van der Waals surface area contributed by atoms with E-state index in [1.807, 2.05) is 0 Å². The van der Waals surface area contributed by atoms with Crippen molar-refractivity contribution in [1.82, 2.24) is 35.4 Å². The summed E-state index contributed by atoms with van der Waals surface area (Å²) in [4.78, 5) is 19.3. The smallest absolute Gasteiger partial charge is 0.404 e. The van der Waals surface area contributed by atoms with E-state index in [0.29, 0.717) is 16.8 Å². The van der Waals surface area contributed by atoms with Crippen molar-refractivity contribution in [3.8, 4) is 39.9 Å². The third-order valence-electron chi connectivity index (χ3n) is 4.96. The van der Waals surface area contributed by atoms with Crippen molar-refractivity contribution in [1.29, 1.82) is 0 Å². The number of benzene rings is 2. The Labute approximate surface area is 191 Å². The minimum absolute atomic E-state index is 0.0958. The van der Waals surface area contributed by atoms with Crippen LogP contribution in [0.2, 0.25) is 0 Å². The van der Waals surface area contributed by atoms with Crippen molar-refractivity contribution >= 4 is 6.09 Å². The number of nitrogens with one attached hydrogen (secondary N) is 1. The van der Waals surface area contributed by atoms with Crippen molar-refractivity contribution < 1.29 is 18.8 Å². The number of rotatable bonds is 6. The zero-order valence-corrected chi connectivity index (χ0v) is 17.5. The molecule has 0 saturated carbocycles. The number of amides is 1. The highest BCUT2D eigenvalue weighted by Crippen LogP contribution is 2.32. The van der Waals surface area contributed by atoms with E-state index in [9.17, 15) is 9.18 Å². The van der Waals surface area contributed by atoms with Crippen LogP contribution in [0.25, 0.3) is 39.9 Å². The summed E-state index contributed by atoms with van der Waals surface area (Å²) in [6.07, 6.45) is 2.09. The maximum atomic E-state index is 14.6. The first-order chi connectivity index (χ1) is 16.6. The molecule has 1 amide bonds. The first-order valence-electron chi connectivity index (χ1n) is 10.1. The number of aromatic nitrogens is 6. The Morgan fingerprint density at radius 1 is 1.06 bits per heavy atom. The van der Waals surface area contributed by atoms with E-state index in [2.05, 4.69) is 30.8 Å². The van der Waals surface area contributed by atoms with Crippen LogP contribution in [0.3, 0.4) is 0 Å². The van der Waals surface area contributed by atoms with Crippen LogP contribution in [-0.2, 0) is 6.54 Å². The molecule has 11 heteroatoms. The van der Waals surface area contributed by atoms with E-state index in [-0.39, 0.29) is 29.6 Å². The van der Waals surface area contributed by atoms with Crippen LogP contribution in [0.4, 0.5) is 9.18 Å². The Morgan fingerprint density at radius 3 is 2.68 bits per heavy atom. The predicted octanol–water partition coefficient (Wildman–Crippen LogP) is 3.95. The summed E-state index contributed by atoms with van der Waals surface area (Å²) in [5, 5.41) is 23.5. The first-order valence-corrected chi connectivity index (χ1v) is 10.1. The van der Waals surface area contributed by atoms with Crippen molar-refractivity contribution in [2.24, 2.45) is 0 Å². The number of hydrogen-bond donors (Lipinski definition) is 2. The second-order valence-corrected chi connectivity index (χ2v) is 7.17. The molecule has 0 bridgehead atoms. The molecule has 0 spiro atoms. The fourth-order valence-corrected chi connectivity index (χ4v) is 3.42. The van der Waals surface area contributed by atoms with Crippen molar-refractivity contribution in [3.05, 3.63) is 84.4 Å². The summed E-state index contributed by atoms with van der Waals surface area (Å²) in [5.41, 5.74) is 2.99. The molecule has 0 fully saturated rings. The van der Waals surface area contributed by atoms with Crippen molar-refractivity contribution in [3.63, 3.8) is 0 Å². The molecule has 10 nitrogen and oxygen atoms in total. The molecule has 0 atom stereocenters. The lowest BCUT2D eigenvalue weighted by Gasteiger charge is -2.08. The number of carboxylic acid groups (broad SMARTS) is 1. The van der Waals surface area contributed by atoms with E-state index >= 15 is 0 Å². The molecule has 0 aliphatic rings. The number of hydrogen-bond acceptors (Lipinski definition) is 7. The first kappa shape index (κ1) is 20.9. The topological polar surface area (TPSA) is 132 Å². The largest absolute Gasteiger partial charge is 0.465 e. The van der Waals surface area contributed by atoms with Crippen molar-refractivity contribution in [2.45, 2.75) is 6.54 Å². The maximum Gasteiger partial charge on any atom is 0.404 e. The second kappa shape index (κ2) is 8.90. The molecule has 3 aromatic heterocycles. The van der Waals surface area contributed by atoms with Gasteiger partial charge >= 0.3 is 6.09 Å². The number of nitrogens with zero attached hydrogens (tertiary/aromatic N) is 6. The van der Waals surface area contributed by atoms with E-state index in [4.69, 9.17) is 9.63 Å². The molecule has 3 heterocycles. The minimum Gasteiger partial charge on any atom is -0.465 e. The molecule has 34 heavy (non-hydrogen) atoms. The van der Waals surface area contributed by atoms with Gasteiger partial charge in [0.05, 0.1) is 0 Å². The van der Waals surface area contributed by atoms with Gasteiger partial charge in [0.25, 0.3) is 5.89 Å². The Balaban J connectivity index is 1.57. The van der Waals surface area contributed by atoms with E-state index in [1.54, 1.807) is 67.0 Å². The quantitative estimate of drug-likeness (QED) is 0.392. The Hall–Kier alpha value is -4.93. The van der Waals surface area contributed by atoms with E-state index in [1.165, 1.54) is 10.7 Å². The monoisotopic (exact) mass is 457 g/mol. The van der Waals surface area contributed by atoms with E-state index < -0.39 is 11.9 Å². The molecule has 0 aliphatic heterocycles. The number of carbonyl (C=O) groups is 1. The molecule has 2 N–H and O–H groups in total. The molecule has 5 rings (SSSR count). The zero-order valence-electron chi connectivity index (χ0n) is 17.5. The highest BCUT2D eigenvalue weighted by atomic mass is 19.1. The van der Waals surface area contributed by atoms with Crippen LogP contribution in [0.5, 0.6) is 0 Å². The molecule has 5 aromatic rings. The van der Waals surface area contributed by atoms with Crippen LogP contribution in [0.15, 0.2) is 77.6 Å². The van der Waals surface area contributed by atoms with Gasteiger partial charge in [0.2, 0.25) is 5.82 Å². The molecule has 0 radical (unpaired) electrons. The van der Waals surface area contributed by atoms with Gasteiger partial charge in [-0.1, -0.05) is 40.7 Å². The van der Waals surface area contributed by atoms with Crippen LogP contribution in [0, 0.1) is 5.82 Å². The standard InChI is InChI=1S/C23H16FN7O3/c24-17-6-1-2-7-18(17)31-20(15-8-10-25-11-9-15)19(28-30-31)22-27-21(29-34-22)16-5-3-4-14(12-16)13-26-23(32)33/h1-12,26H,13H2,(H,32,33). The molecular formula is C23H16FN7O3. The summed E-state index contributed by atoms with van der Waals surface area (Å²) < 4.78 is 21.4. The summed E-state index contributed by atoms with van der Waals surface area (Å²) in [6, 6.07) is 16.8. The van der Waals surface area contributed by atoms with Crippen LogP contribution in [-0.4, -0.2) is 41.3 Å². The molecule has 0 saturated heterocycles. The highest BCUT2D eigenvalue weighted by Gasteiger charge is 2.24. The van der Waals surface area contributed by atoms with Gasteiger partial charge in [-0.05, 0) is 35.9 Å². The SMILES string of the molecule is O=C(O)NCc1cccc(-c2noc(-c3nnn(-c4ccccc4F)c3-c3ccncc3)n2)c1. The van der Waals surface area contributed by atoms with E-state index in [0.717, 1.165) is 5.56 Å². The molecule has 0 unspecified atom stereocenters. The van der Waals surface area contributed by atoms with Gasteiger partial charge in [-0.2, -0.15) is 4.98 Å². The second-order valence-electron chi connectivity index (χ2n) is 7.17. The summed E-state index contributed by atoms with van der Waals surface area (Å²) >= 11 is 0. The summed E-state index contributed by atoms with van der Waals surface area (Å²) in [7, 11) is 0. The van der Waals surface area contributed by atoms with Gasteiger partial charge in [-0.3, -0.25) is 4.98 Å². The number of halogens is 1. The normalized spacial score (nSPS) is 10.9. The minimum atomic E-state index is -1.12. The molecule has 0 aliphatic carbocycles. The van der Waals surface area contributed by atoms with Gasteiger partial charge < -0.3 is 14.9 Å². The summed E-state index contributed by atoms with van der Waals surface area (Å²) in [5.74, 6) is -0.0842. The number of pyridine rings is 1. The lowest BCUT2D eigenvalue weighted by Crippen LogP contribution is -2.19. The lowest BCUT2D eigenvalue weighted by molar-refractivity contribution is 0.194. The zero-order chi connectivity index (χ0) is 23.5. The Bertz CT molecular complexity index is 1470. The summed E-state index contributed by atoms with van der Waals surface area (Å²) in [6.45, 7) is 0.136. The average molecular weight is 457 g/mol. The van der Waals surface area contributed by atoms with Crippen LogP contribution in [0.1, 0.15) is 5.56 Å². The lowest BCUT2D eigenvalue weighted by atomic mass is 10.1. The van der Waals surface area contributed by atoms with Gasteiger partial charge in [0, 0.05) is 30.1 Å². The van der Waals surface area contributed by atoms with Crippen LogP contribution < -0.4 is 5.32 Å². The average Bonchev–Trinajstić information content (AvgIpc) is 3.51. The van der Waals surface area contributed by atoms with Gasteiger partial charge in [0.1, 0.15) is 17.2 Å². The molecular weight excluding hydrogens is 441 g/mol. The number of para-hydroxylation sites is 1. The maximum absolute atomic E-state index is 14.6. The predicted molar refractivity (Wildman–Crippen MR) is 118 cm³/mol. The molecule has 2 aromatic carbocycles. The Morgan fingerprint density at radius 2 is 1.88 bits per heavy atom. The van der Waals surface area contributed by atoms with Crippen molar-refractivity contribution in [2.75, 3.05) is 0 Å². The Kier molecular flexibility index (Phi) is 5.48. The van der Waals surface area contributed by atoms with Gasteiger partial charge in [-0.25, -0.2) is 13.9 Å². The highest BCUT2D eigenvalue weighted by molar-refractivity contribution is 5.76. The fourth-order valence-electron chi connectivity index (χ4n) is 3.42. The van der Waals surface area contributed by atoms with Crippen LogP contribution >= 0.6 is 0 Å². The van der Waals surface area contributed by atoms with Gasteiger partial charge in [0.15, 0.2) is 5.69 Å². The fraction of sp³-hybridized carbons (Fsp3) is 0.0435. The van der Waals surface area contributed by atoms with Gasteiger partial charge in [-0.15, -0.1) is 5.10 Å². The molecule has 168 valence electrons.